The summed E-state index contributed by atoms with van der Waals surface area (Å²) in [5, 5.41) is 0. The summed E-state index contributed by atoms with van der Waals surface area (Å²) in [7, 11) is 1.10. The van der Waals surface area contributed by atoms with Gasteiger partial charge in [-0.1, -0.05) is 13.8 Å². The minimum absolute atomic E-state index is 0.0604. The van der Waals surface area contributed by atoms with E-state index in [0.717, 1.165) is 19.2 Å². The smallest absolute Gasteiger partial charge is 0.416 e. The highest BCUT2D eigenvalue weighted by Gasteiger charge is 2.31. The number of hydrogen-bond acceptors (Lipinski definition) is 3. The first-order chi connectivity index (χ1) is 7.84. The molecule has 1 aromatic carbocycles. The van der Waals surface area contributed by atoms with Gasteiger partial charge in [-0.15, -0.1) is 12.6 Å². The molecule has 0 atom stereocenters. The molecule has 2 nitrogen and oxygen atoms in total. The van der Waals surface area contributed by atoms with Gasteiger partial charge in [0.15, 0.2) is 0 Å². The minimum atomic E-state index is -4.50. The van der Waals surface area contributed by atoms with Crippen LogP contribution in [-0.4, -0.2) is 13.1 Å². The molecule has 96 valence electrons. The highest BCUT2D eigenvalue weighted by atomic mass is 32.1. The Morgan fingerprint density at radius 3 is 2.18 bits per heavy atom. The number of benzene rings is 1. The maximum Gasteiger partial charge on any atom is 0.416 e. The molecule has 0 aliphatic heterocycles. The maximum absolute atomic E-state index is 12.3. The highest BCUT2D eigenvalue weighted by molar-refractivity contribution is 7.80. The number of thiol groups is 1. The molecule has 6 heteroatoms. The quantitative estimate of drug-likeness (QED) is 0.618. The largest absolute Gasteiger partial charge is 0.465 e. The molecule has 0 fully saturated rings. The van der Waals surface area contributed by atoms with Crippen LogP contribution in [0.25, 0.3) is 0 Å². The van der Waals surface area contributed by atoms with Gasteiger partial charge in [0.2, 0.25) is 0 Å². The maximum atomic E-state index is 12.3. The van der Waals surface area contributed by atoms with Crippen molar-refractivity contribution in [3.05, 3.63) is 29.3 Å². The normalized spacial score (nSPS) is 10.3. The lowest BCUT2D eigenvalue weighted by atomic mass is 10.1. The molecular weight excluding hydrogens is 253 g/mol. The number of rotatable bonds is 1. The van der Waals surface area contributed by atoms with Crippen LogP contribution in [0.5, 0.6) is 0 Å². The SMILES string of the molecule is CC.COC(=O)c1cc(S)cc(C(F)(F)F)c1. The zero-order chi connectivity index (χ0) is 13.6. The van der Waals surface area contributed by atoms with Crippen molar-refractivity contribution in [3.63, 3.8) is 0 Å². The standard InChI is InChI=1S/C9H7F3O2S.C2H6/c1-14-8(13)5-2-6(9(10,11)12)4-7(15)3-5;1-2/h2-4,15H,1H3;1-2H3. The minimum Gasteiger partial charge on any atom is -0.465 e. The number of esters is 1. The van der Waals surface area contributed by atoms with Crippen molar-refractivity contribution in [2.75, 3.05) is 7.11 Å². The molecule has 0 radical (unpaired) electrons. The zero-order valence-corrected chi connectivity index (χ0v) is 10.5. The molecule has 0 amide bonds. The van der Waals surface area contributed by atoms with Crippen LogP contribution in [0.1, 0.15) is 29.8 Å². The average Bonchev–Trinajstić information content (AvgIpc) is 2.28. The molecule has 17 heavy (non-hydrogen) atoms. The molecule has 0 unspecified atom stereocenters. The van der Waals surface area contributed by atoms with E-state index in [4.69, 9.17) is 0 Å². The number of hydrogen-bond donors (Lipinski definition) is 1. The number of alkyl halides is 3. The fraction of sp³-hybridized carbons (Fsp3) is 0.364. The number of carbonyl (C=O) groups is 1. The van der Waals surface area contributed by atoms with E-state index in [1.54, 1.807) is 0 Å². The number of ether oxygens (including phenoxy) is 1. The average molecular weight is 266 g/mol. The van der Waals surface area contributed by atoms with Gasteiger partial charge < -0.3 is 4.74 Å². The molecule has 0 saturated heterocycles. The monoisotopic (exact) mass is 266 g/mol. The van der Waals surface area contributed by atoms with Gasteiger partial charge in [-0.2, -0.15) is 13.2 Å². The molecular formula is C11H13F3O2S. The summed E-state index contributed by atoms with van der Waals surface area (Å²) in [4.78, 5) is 11.1. The summed E-state index contributed by atoms with van der Waals surface area (Å²) < 4.78 is 41.3. The van der Waals surface area contributed by atoms with Crippen LogP contribution < -0.4 is 0 Å². The van der Waals surface area contributed by atoms with E-state index in [1.807, 2.05) is 13.8 Å². The van der Waals surface area contributed by atoms with E-state index >= 15 is 0 Å². The Morgan fingerprint density at radius 2 is 1.76 bits per heavy atom. The van der Waals surface area contributed by atoms with Crippen LogP contribution in [0.15, 0.2) is 23.1 Å². The van der Waals surface area contributed by atoms with Crippen molar-refractivity contribution >= 4 is 18.6 Å². The predicted molar refractivity (Wildman–Crippen MR) is 61.4 cm³/mol. The molecule has 0 aliphatic rings. The summed E-state index contributed by atoms with van der Waals surface area (Å²) in [6, 6.07) is 2.78. The predicted octanol–water partition coefficient (Wildman–Crippen LogP) is 3.81. The Hall–Kier alpha value is -1.17. The first-order valence-electron chi connectivity index (χ1n) is 4.84. The van der Waals surface area contributed by atoms with Crippen LogP contribution in [0.3, 0.4) is 0 Å². The summed E-state index contributed by atoms with van der Waals surface area (Å²) >= 11 is 3.78. The second kappa shape index (κ2) is 6.54. The molecule has 0 bridgehead atoms. The summed E-state index contributed by atoms with van der Waals surface area (Å²) in [5.41, 5.74) is -1.09. The first-order valence-corrected chi connectivity index (χ1v) is 5.29. The second-order valence-electron chi connectivity index (χ2n) is 2.76. The molecule has 0 heterocycles. The summed E-state index contributed by atoms with van der Waals surface area (Å²) in [5.74, 6) is -0.823. The van der Waals surface area contributed by atoms with Crippen LogP contribution in [0, 0.1) is 0 Å². The van der Waals surface area contributed by atoms with Gasteiger partial charge in [-0.25, -0.2) is 4.79 Å². The molecule has 1 aromatic rings. The fourth-order valence-corrected chi connectivity index (χ4v) is 1.29. The molecule has 0 aliphatic carbocycles. The van der Waals surface area contributed by atoms with Crippen molar-refractivity contribution in [1.82, 2.24) is 0 Å². The number of methoxy groups -OCH3 is 1. The van der Waals surface area contributed by atoms with Gasteiger partial charge in [-0.3, -0.25) is 0 Å². The third-order valence-corrected chi connectivity index (χ3v) is 1.92. The Balaban J connectivity index is 0.00000121. The van der Waals surface area contributed by atoms with E-state index in [2.05, 4.69) is 17.4 Å². The highest BCUT2D eigenvalue weighted by Crippen LogP contribution is 2.31. The van der Waals surface area contributed by atoms with E-state index in [0.29, 0.717) is 0 Å². The van der Waals surface area contributed by atoms with Crippen LogP contribution in [0.4, 0.5) is 13.2 Å². The van der Waals surface area contributed by atoms with Crippen molar-refractivity contribution in [2.24, 2.45) is 0 Å². The number of carbonyl (C=O) groups excluding carboxylic acids is 1. The Labute approximate surface area is 103 Å². The molecule has 0 spiro atoms. The van der Waals surface area contributed by atoms with Crippen LogP contribution in [-0.2, 0) is 10.9 Å². The van der Waals surface area contributed by atoms with Gasteiger partial charge in [-0.05, 0) is 18.2 Å². The zero-order valence-electron chi connectivity index (χ0n) is 9.63. The molecule has 0 N–H and O–H groups in total. The summed E-state index contributed by atoms with van der Waals surface area (Å²) in [6.45, 7) is 4.00. The second-order valence-corrected chi connectivity index (χ2v) is 3.27. The molecule has 0 aromatic heterocycles. The van der Waals surface area contributed by atoms with Gasteiger partial charge in [0, 0.05) is 4.90 Å². The molecule has 1 rings (SSSR count). The van der Waals surface area contributed by atoms with Gasteiger partial charge >= 0.3 is 12.1 Å². The fourth-order valence-electron chi connectivity index (χ4n) is 1.01. The van der Waals surface area contributed by atoms with Crippen molar-refractivity contribution in [1.29, 1.82) is 0 Å². The first kappa shape index (κ1) is 15.8. The van der Waals surface area contributed by atoms with Crippen molar-refractivity contribution < 1.29 is 22.7 Å². The van der Waals surface area contributed by atoms with E-state index in [-0.39, 0.29) is 10.5 Å². The van der Waals surface area contributed by atoms with Gasteiger partial charge in [0.1, 0.15) is 0 Å². The topological polar surface area (TPSA) is 26.3 Å². The lowest BCUT2D eigenvalue weighted by Gasteiger charge is -2.09. The van der Waals surface area contributed by atoms with Crippen molar-refractivity contribution in [3.8, 4) is 0 Å². The van der Waals surface area contributed by atoms with Crippen LogP contribution >= 0.6 is 12.6 Å². The van der Waals surface area contributed by atoms with E-state index in [1.165, 1.54) is 6.07 Å². The van der Waals surface area contributed by atoms with Crippen molar-refractivity contribution in [2.45, 2.75) is 24.9 Å². The Bertz CT molecular complexity index is 389. The lowest BCUT2D eigenvalue weighted by Crippen LogP contribution is -2.08. The van der Waals surface area contributed by atoms with Gasteiger partial charge in [0.25, 0.3) is 0 Å². The van der Waals surface area contributed by atoms with E-state index < -0.39 is 17.7 Å². The molecule has 0 saturated carbocycles. The third kappa shape index (κ3) is 4.68. The van der Waals surface area contributed by atoms with Gasteiger partial charge in [0.05, 0.1) is 18.2 Å². The Kier molecular flexibility index (Phi) is 6.09. The number of halogens is 3. The third-order valence-electron chi connectivity index (χ3n) is 1.67. The summed E-state index contributed by atoms with van der Waals surface area (Å²) in [6.07, 6.45) is -4.50. The van der Waals surface area contributed by atoms with E-state index in [9.17, 15) is 18.0 Å². The Morgan fingerprint density at radius 1 is 1.24 bits per heavy atom. The van der Waals surface area contributed by atoms with Crippen LogP contribution in [0.2, 0.25) is 0 Å². The lowest BCUT2D eigenvalue weighted by molar-refractivity contribution is -0.137.